The van der Waals surface area contributed by atoms with Gasteiger partial charge >= 0.3 is 11.9 Å². The van der Waals surface area contributed by atoms with E-state index in [0.717, 1.165) is 5.56 Å². The molecule has 50 heavy (non-hydrogen) atoms. The van der Waals surface area contributed by atoms with Crippen molar-refractivity contribution in [1.82, 2.24) is 20.9 Å². The molecule has 2 aromatic carbocycles. The van der Waals surface area contributed by atoms with Crippen molar-refractivity contribution in [3.63, 3.8) is 0 Å². The van der Waals surface area contributed by atoms with E-state index in [1.165, 1.54) is 20.1 Å². The van der Waals surface area contributed by atoms with Crippen LogP contribution >= 0.6 is 0 Å². The Bertz CT molecular complexity index is 1760. The summed E-state index contributed by atoms with van der Waals surface area (Å²) in [5, 5.41) is 18.2. The van der Waals surface area contributed by atoms with Gasteiger partial charge in [-0.25, -0.2) is 14.6 Å². The van der Waals surface area contributed by atoms with Crippen LogP contribution in [0.15, 0.2) is 66.2 Å². The molecule has 1 aliphatic carbocycles. The monoisotopic (exact) mass is 688 g/mol. The molecule has 266 valence electrons. The van der Waals surface area contributed by atoms with Gasteiger partial charge in [-0.05, 0) is 37.5 Å². The zero-order valence-electron chi connectivity index (χ0n) is 29.0. The van der Waals surface area contributed by atoms with E-state index in [1.54, 1.807) is 46.1 Å². The molecule has 4 rings (SSSR count). The summed E-state index contributed by atoms with van der Waals surface area (Å²) in [6.07, 6.45) is 1.46. The van der Waals surface area contributed by atoms with Crippen molar-refractivity contribution in [3.05, 3.63) is 66.2 Å². The van der Waals surface area contributed by atoms with Crippen LogP contribution in [-0.2, 0) is 28.7 Å². The Hall–Kier alpha value is -5.46. The summed E-state index contributed by atoms with van der Waals surface area (Å²) in [6.45, 7) is 6.71. The number of carbonyl (C=O) groups excluding carboxylic acids is 4. The lowest BCUT2D eigenvalue weighted by atomic mass is 9.97. The summed E-state index contributed by atoms with van der Waals surface area (Å²) >= 11 is 0. The van der Waals surface area contributed by atoms with Crippen LogP contribution in [0.3, 0.4) is 0 Å². The fourth-order valence-electron chi connectivity index (χ4n) is 5.75. The highest BCUT2D eigenvalue weighted by molar-refractivity contribution is 6.03. The molecule has 0 saturated carbocycles. The number of rotatable bonds is 15. The second-order valence-electron chi connectivity index (χ2n) is 12.5. The standard InChI is InChI=1S/C37H44N4O9/c1-7-11-28(36(45)46)40-33(42)26-16-24(17-27(26)34(43)41-32(20(2)3)35(44)38-21(4)37(47)49-6)50-31-19-29(22-12-9-8-10-13-22)39-30-18-23(48-5)14-15-25(30)31/h8-10,12-15,17-21,24,26,28,32H,7,11,16H2,1-6H3,(H,38,44)(H,40,42)(H,41,43)(H,45,46)/t21-,24?,26?,28-,32-/m0/s1. The van der Waals surface area contributed by atoms with E-state index >= 15 is 0 Å². The van der Waals surface area contributed by atoms with Gasteiger partial charge in [0, 0.05) is 35.1 Å². The first kappa shape index (κ1) is 37.4. The van der Waals surface area contributed by atoms with Crippen molar-refractivity contribution in [2.24, 2.45) is 11.8 Å². The molecule has 5 atom stereocenters. The number of fused-ring (bicyclic) bond motifs is 1. The first-order chi connectivity index (χ1) is 23.9. The third kappa shape index (κ3) is 8.95. The summed E-state index contributed by atoms with van der Waals surface area (Å²) in [6, 6.07) is 13.5. The molecule has 0 spiro atoms. The molecule has 2 unspecified atom stereocenters. The molecule has 0 aliphatic heterocycles. The molecule has 3 amide bonds. The lowest BCUT2D eigenvalue weighted by Crippen LogP contribution is -2.54. The number of amides is 3. The third-order valence-electron chi connectivity index (χ3n) is 8.46. The molecule has 1 heterocycles. The highest BCUT2D eigenvalue weighted by atomic mass is 16.5. The van der Waals surface area contributed by atoms with Crippen molar-refractivity contribution < 1.29 is 43.3 Å². The van der Waals surface area contributed by atoms with Crippen LogP contribution in [-0.4, -0.2) is 78.2 Å². The van der Waals surface area contributed by atoms with Crippen LogP contribution in [0.2, 0.25) is 0 Å². The average molecular weight is 689 g/mol. The van der Waals surface area contributed by atoms with Gasteiger partial charge in [0.15, 0.2) is 0 Å². The Morgan fingerprint density at radius 3 is 2.30 bits per heavy atom. The van der Waals surface area contributed by atoms with Gasteiger partial charge in [-0.1, -0.05) is 57.5 Å². The molecule has 1 aliphatic rings. The average Bonchev–Trinajstić information content (AvgIpc) is 3.53. The number of aliphatic carboxylic acids is 1. The highest BCUT2D eigenvalue weighted by Crippen LogP contribution is 2.36. The number of carbonyl (C=O) groups is 5. The Labute approximate surface area is 290 Å². The topological polar surface area (TPSA) is 182 Å². The maximum Gasteiger partial charge on any atom is 0.328 e. The second kappa shape index (κ2) is 16.8. The number of esters is 1. The zero-order chi connectivity index (χ0) is 36.5. The predicted octanol–water partition coefficient (Wildman–Crippen LogP) is 3.79. The summed E-state index contributed by atoms with van der Waals surface area (Å²) < 4.78 is 16.6. The SMILES string of the molecule is CCC[C@H](NC(=O)C1CC(Oc2cc(-c3ccccc3)nc3cc(OC)ccc23)C=C1C(=O)N[C@H](C(=O)N[C@@H](C)C(=O)OC)C(C)C)C(=O)O. The van der Waals surface area contributed by atoms with Gasteiger partial charge in [-0.3, -0.25) is 14.4 Å². The van der Waals surface area contributed by atoms with E-state index in [-0.39, 0.29) is 18.4 Å². The van der Waals surface area contributed by atoms with E-state index in [0.29, 0.717) is 34.5 Å². The van der Waals surface area contributed by atoms with Gasteiger partial charge in [0.1, 0.15) is 35.7 Å². The number of benzene rings is 2. The second-order valence-corrected chi connectivity index (χ2v) is 12.5. The maximum atomic E-state index is 13.9. The van der Waals surface area contributed by atoms with E-state index in [9.17, 15) is 29.1 Å². The minimum absolute atomic E-state index is 0.0195. The first-order valence-electron chi connectivity index (χ1n) is 16.5. The van der Waals surface area contributed by atoms with Crippen LogP contribution in [0.1, 0.15) is 47.0 Å². The molecular formula is C37H44N4O9. The number of nitrogens with zero attached hydrogens (tertiary/aromatic N) is 1. The summed E-state index contributed by atoms with van der Waals surface area (Å²) in [5.41, 5.74) is 2.10. The zero-order valence-corrected chi connectivity index (χ0v) is 29.0. The van der Waals surface area contributed by atoms with Crippen LogP contribution in [0.4, 0.5) is 0 Å². The van der Waals surface area contributed by atoms with Gasteiger partial charge < -0.3 is 35.3 Å². The van der Waals surface area contributed by atoms with E-state index in [4.69, 9.17) is 19.2 Å². The van der Waals surface area contributed by atoms with Gasteiger partial charge in [-0.2, -0.15) is 0 Å². The minimum atomic E-state index is -1.19. The lowest BCUT2D eigenvalue weighted by Gasteiger charge is -2.25. The van der Waals surface area contributed by atoms with Crippen molar-refractivity contribution in [1.29, 1.82) is 0 Å². The number of hydrogen-bond donors (Lipinski definition) is 4. The molecule has 1 aromatic heterocycles. The van der Waals surface area contributed by atoms with Crippen molar-refractivity contribution >= 4 is 40.6 Å². The number of aromatic nitrogens is 1. The first-order valence-corrected chi connectivity index (χ1v) is 16.5. The van der Waals surface area contributed by atoms with Crippen LogP contribution < -0.4 is 25.4 Å². The van der Waals surface area contributed by atoms with Crippen LogP contribution in [0.25, 0.3) is 22.2 Å². The largest absolute Gasteiger partial charge is 0.497 e. The summed E-state index contributed by atoms with van der Waals surface area (Å²) in [7, 11) is 2.76. The van der Waals surface area contributed by atoms with Crippen molar-refractivity contribution in [2.45, 2.75) is 71.2 Å². The number of pyridine rings is 1. The highest BCUT2D eigenvalue weighted by Gasteiger charge is 2.40. The fraction of sp³-hybridized carbons (Fsp3) is 0.405. The smallest absolute Gasteiger partial charge is 0.328 e. The number of nitrogens with one attached hydrogen (secondary N) is 3. The Kier molecular flexibility index (Phi) is 12.5. The molecule has 0 bridgehead atoms. The van der Waals surface area contributed by atoms with Gasteiger partial charge in [-0.15, -0.1) is 0 Å². The van der Waals surface area contributed by atoms with Gasteiger partial charge in [0.2, 0.25) is 17.7 Å². The number of carboxylic acids is 1. The van der Waals surface area contributed by atoms with Crippen LogP contribution in [0.5, 0.6) is 11.5 Å². The third-order valence-corrected chi connectivity index (χ3v) is 8.46. The molecular weight excluding hydrogens is 644 g/mol. The molecule has 0 fully saturated rings. The molecule has 4 N–H and O–H groups in total. The Morgan fingerprint density at radius 2 is 1.68 bits per heavy atom. The van der Waals surface area contributed by atoms with E-state index in [2.05, 4.69) is 16.0 Å². The Balaban J connectivity index is 1.70. The number of carboxylic acid groups (broad SMARTS) is 1. The molecule has 13 heteroatoms. The van der Waals surface area contributed by atoms with Crippen LogP contribution in [0, 0.1) is 11.8 Å². The normalized spacial score (nSPS) is 17.2. The Morgan fingerprint density at radius 1 is 0.960 bits per heavy atom. The number of methoxy groups -OCH3 is 2. The van der Waals surface area contributed by atoms with E-state index in [1.807, 2.05) is 36.4 Å². The predicted molar refractivity (Wildman–Crippen MR) is 185 cm³/mol. The maximum absolute atomic E-state index is 13.9. The number of hydrogen-bond acceptors (Lipinski definition) is 9. The quantitative estimate of drug-likeness (QED) is 0.172. The molecule has 0 radical (unpaired) electrons. The van der Waals surface area contributed by atoms with Crippen molar-refractivity contribution in [3.8, 4) is 22.8 Å². The van der Waals surface area contributed by atoms with Gasteiger partial charge in [0.05, 0.1) is 31.3 Å². The summed E-state index contributed by atoms with van der Waals surface area (Å²) in [5.74, 6) is -4.26. The minimum Gasteiger partial charge on any atom is -0.497 e. The van der Waals surface area contributed by atoms with Gasteiger partial charge in [0.25, 0.3) is 0 Å². The lowest BCUT2D eigenvalue weighted by molar-refractivity contribution is -0.145. The molecule has 3 aromatic rings. The van der Waals surface area contributed by atoms with E-state index < -0.39 is 65.7 Å². The van der Waals surface area contributed by atoms with Crippen molar-refractivity contribution in [2.75, 3.05) is 14.2 Å². The molecule has 13 nitrogen and oxygen atoms in total. The fourth-order valence-corrected chi connectivity index (χ4v) is 5.75. The molecule has 0 saturated heterocycles. The number of ether oxygens (including phenoxy) is 3. The summed E-state index contributed by atoms with van der Waals surface area (Å²) in [4.78, 5) is 69.4.